The van der Waals surface area contributed by atoms with Crippen LogP contribution in [0.2, 0.25) is 0 Å². The summed E-state index contributed by atoms with van der Waals surface area (Å²) in [5, 5.41) is 8.39. The van der Waals surface area contributed by atoms with Gasteiger partial charge in [-0.1, -0.05) is 0 Å². The molecule has 0 saturated heterocycles. The number of ether oxygens (including phenoxy) is 1. The van der Waals surface area contributed by atoms with Crippen molar-refractivity contribution >= 4 is 6.41 Å². The molecule has 0 radical (unpaired) electrons. The normalized spacial score (nSPS) is 9.00. The molecular weight excluding hydrogens is 220 g/mol. The Kier molecular flexibility index (Phi) is 6.78. The molecule has 1 rings (SSSR count). The number of hydrogen-bond acceptors (Lipinski definition) is 3. The van der Waals surface area contributed by atoms with Crippen molar-refractivity contribution < 1.29 is 23.4 Å². The Hall–Kier alpha value is -1.69. The molecule has 3 N–H and O–H groups in total. The average Bonchev–Trinajstić information content (AvgIpc) is 2.17. The van der Waals surface area contributed by atoms with Crippen molar-refractivity contribution in [1.29, 1.82) is 0 Å². The standard InChI is InChI=1S/C9H10F2O2.CH3NO/c1-6-4-7(10)9(8(11)5-6)13-3-2-12;2-1-3/h4-5,12H,2-3H2,1H3;1H,(H2,2,3). The molecule has 0 aliphatic carbocycles. The number of aryl methyl sites for hydroxylation is 1. The maximum absolute atomic E-state index is 13.0. The summed E-state index contributed by atoms with van der Waals surface area (Å²) in [6.45, 7) is 1.20. The summed E-state index contributed by atoms with van der Waals surface area (Å²) in [7, 11) is 0. The summed E-state index contributed by atoms with van der Waals surface area (Å²) >= 11 is 0. The number of amides is 1. The first-order chi connectivity index (χ1) is 7.56. The number of hydrogen-bond donors (Lipinski definition) is 2. The van der Waals surface area contributed by atoms with E-state index in [0.29, 0.717) is 5.56 Å². The van der Waals surface area contributed by atoms with Gasteiger partial charge in [-0.2, -0.15) is 0 Å². The Labute approximate surface area is 91.6 Å². The zero-order chi connectivity index (χ0) is 12.6. The van der Waals surface area contributed by atoms with E-state index in [2.05, 4.69) is 10.5 Å². The molecule has 0 aliphatic rings. The average molecular weight is 233 g/mol. The first-order valence-corrected chi connectivity index (χ1v) is 4.41. The van der Waals surface area contributed by atoms with Crippen LogP contribution in [0, 0.1) is 18.6 Å². The Balaban J connectivity index is 0.000000673. The first-order valence-electron chi connectivity index (χ1n) is 4.41. The highest BCUT2D eigenvalue weighted by atomic mass is 19.1. The van der Waals surface area contributed by atoms with Crippen molar-refractivity contribution in [2.45, 2.75) is 6.92 Å². The summed E-state index contributed by atoms with van der Waals surface area (Å²) in [6, 6.07) is 2.35. The van der Waals surface area contributed by atoms with Gasteiger partial charge in [-0.05, 0) is 24.6 Å². The summed E-state index contributed by atoms with van der Waals surface area (Å²) in [4.78, 5) is 8.58. The minimum absolute atomic E-state index is 0.114. The zero-order valence-corrected chi connectivity index (χ0v) is 8.74. The highest BCUT2D eigenvalue weighted by molar-refractivity contribution is 5.42. The largest absolute Gasteiger partial charge is 0.485 e. The van der Waals surface area contributed by atoms with Crippen LogP contribution in [0.15, 0.2) is 12.1 Å². The van der Waals surface area contributed by atoms with Crippen LogP contribution < -0.4 is 10.5 Å². The lowest BCUT2D eigenvalue weighted by Gasteiger charge is -2.07. The lowest BCUT2D eigenvalue weighted by atomic mass is 10.2. The molecule has 4 nitrogen and oxygen atoms in total. The van der Waals surface area contributed by atoms with Gasteiger partial charge >= 0.3 is 0 Å². The van der Waals surface area contributed by atoms with Crippen molar-refractivity contribution in [3.05, 3.63) is 29.3 Å². The Morgan fingerprint density at radius 3 is 2.25 bits per heavy atom. The second-order valence-electron chi connectivity index (χ2n) is 2.77. The van der Waals surface area contributed by atoms with Crippen LogP contribution in [0.4, 0.5) is 8.78 Å². The topological polar surface area (TPSA) is 72.6 Å². The quantitative estimate of drug-likeness (QED) is 0.756. The molecule has 0 saturated carbocycles. The Morgan fingerprint density at radius 2 is 1.88 bits per heavy atom. The van der Waals surface area contributed by atoms with Crippen LogP contribution in [0.25, 0.3) is 0 Å². The van der Waals surface area contributed by atoms with Crippen LogP contribution in [0.1, 0.15) is 5.56 Å². The summed E-state index contributed by atoms with van der Waals surface area (Å²) < 4.78 is 30.6. The molecule has 1 aromatic rings. The fraction of sp³-hybridized carbons (Fsp3) is 0.300. The van der Waals surface area contributed by atoms with Gasteiger partial charge in [0, 0.05) is 0 Å². The summed E-state index contributed by atoms with van der Waals surface area (Å²) in [5.74, 6) is -1.92. The molecule has 0 aromatic heterocycles. The van der Waals surface area contributed by atoms with E-state index in [9.17, 15) is 8.78 Å². The molecule has 0 heterocycles. The first kappa shape index (κ1) is 14.3. The Morgan fingerprint density at radius 1 is 1.44 bits per heavy atom. The van der Waals surface area contributed by atoms with Gasteiger partial charge in [-0.15, -0.1) is 0 Å². The maximum atomic E-state index is 13.0. The summed E-state index contributed by atoms with van der Waals surface area (Å²) in [5.41, 5.74) is 4.66. The second kappa shape index (κ2) is 7.58. The number of aliphatic hydroxyl groups is 1. The molecule has 0 aliphatic heterocycles. The van der Waals surface area contributed by atoms with Gasteiger partial charge < -0.3 is 15.6 Å². The number of nitrogens with two attached hydrogens (primary N) is 1. The third kappa shape index (κ3) is 4.70. The minimum atomic E-state index is -0.744. The van der Waals surface area contributed by atoms with Crippen molar-refractivity contribution in [2.24, 2.45) is 5.73 Å². The highest BCUT2D eigenvalue weighted by Gasteiger charge is 2.10. The predicted octanol–water partition coefficient (Wildman–Crippen LogP) is 0.746. The van der Waals surface area contributed by atoms with Crippen LogP contribution in [-0.4, -0.2) is 24.7 Å². The van der Waals surface area contributed by atoms with Gasteiger partial charge in [-0.3, -0.25) is 4.79 Å². The van der Waals surface area contributed by atoms with E-state index >= 15 is 0 Å². The lowest BCUT2D eigenvalue weighted by Crippen LogP contribution is -2.05. The van der Waals surface area contributed by atoms with E-state index < -0.39 is 17.4 Å². The van der Waals surface area contributed by atoms with Gasteiger partial charge in [0.15, 0.2) is 17.4 Å². The molecule has 0 unspecified atom stereocenters. The van der Waals surface area contributed by atoms with Crippen LogP contribution in [0.5, 0.6) is 5.75 Å². The molecule has 1 aromatic carbocycles. The van der Waals surface area contributed by atoms with Crippen LogP contribution >= 0.6 is 0 Å². The SMILES string of the molecule is Cc1cc(F)c(OCCO)c(F)c1.NC=O. The molecule has 6 heteroatoms. The second-order valence-corrected chi connectivity index (χ2v) is 2.77. The van der Waals surface area contributed by atoms with Crippen molar-refractivity contribution in [2.75, 3.05) is 13.2 Å². The molecule has 0 atom stereocenters. The highest BCUT2D eigenvalue weighted by Crippen LogP contribution is 2.22. The van der Waals surface area contributed by atoms with E-state index in [0.717, 1.165) is 0 Å². The van der Waals surface area contributed by atoms with E-state index in [1.165, 1.54) is 12.1 Å². The molecule has 1 amide bonds. The fourth-order valence-electron chi connectivity index (χ4n) is 0.972. The van der Waals surface area contributed by atoms with Gasteiger partial charge in [-0.25, -0.2) is 8.78 Å². The number of carbonyl (C=O) groups is 1. The number of aliphatic hydroxyl groups excluding tert-OH is 1. The number of benzene rings is 1. The maximum Gasteiger partial charge on any atom is 0.204 e. The molecule has 90 valence electrons. The van der Waals surface area contributed by atoms with Crippen LogP contribution in [-0.2, 0) is 4.79 Å². The van der Waals surface area contributed by atoms with Gasteiger partial charge in [0.1, 0.15) is 6.61 Å². The monoisotopic (exact) mass is 233 g/mol. The van der Waals surface area contributed by atoms with Crippen LogP contribution in [0.3, 0.4) is 0 Å². The zero-order valence-electron chi connectivity index (χ0n) is 8.74. The third-order valence-electron chi connectivity index (χ3n) is 1.48. The molecular formula is C10H13F2NO3. The van der Waals surface area contributed by atoms with Crippen molar-refractivity contribution in [3.63, 3.8) is 0 Å². The smallest absolute Gasteiger partial charge is 0.204 e. The Bertz CT molecular complexity index is 322. The van der Waals surface area contributed by atoms with Crippen molar-refractivity contribution in [3.8, 4) is 5.75 Å². The number of halogens is 2. The lowest BCUT2D eigenvalue weighted by molar-refractivity contribution is -0.106. The van der Waals surface area contributed by atoms with Crippen molar-refractivity contribution in [1.82, 2.24) is 0 Å². The number of primary amides is 1. The third-order valence-corrected chi connectivity index (χ3v) is 1.48. The van der Waals surface area contributed by atoms with E-state index in [-0.39, 0.29) is 19.6 Å². The molecule has 16 heavy (non-hydrogen) atoms. The predicted molar refractivity (Wildman–Crippen MR) is 53.9 cm³/mol. The number of rotatable bonds is 3. The van der Waals surface area contributed by atoms with Gasteiger partial charge in [0.2, 0.25) is 6.41 Å². The van der Waals surface area contributed by atoms with E-state index in [1.807, 2.05) is 0 Å². The van der Waals surface area contributed by atoms with E-state index in [4.69, 9.17) is 9.90 Å². The van der Waals surface area contributed by atoms with E-state index in [1.54, 1.807) is 6.92 Å². The number of carbonyl (C=O) groups excluding carboxylic acids is 1. The minimum Gasteiger partial charge on any atom is -0.485 e. The molecule has 0 fully saturated rings. The molecule has 0 bridgehead atoms. The molecule has 0 spiro atoms. The van der Waals surface area contributed by atoms with Gasteiger partial charge in [0.25, 0.3) is 0 Å². The summed E-state index contributed by atoms with van der Waals surface area (Å²) in [6.07, 6.45) is 0.250. The van der Waals surface area contributed by atoms with Gasteiger partial charge in [0.05, 0.1) is 6.61 Å². The fourth-order valence-corrected chi connectivity index (χ4v) is 0.972.